The summed E-state index contributed by atoms with van der Waals surface area (Å²) in [4.78, 5) is 37.7. The van der Waals surface area contributed by atoms with E-state index in [0.717, 1.165) is 0 Å². The molecule has 1 aromatic rings. The van der Waals surface area contributed by atoms with Gasteiger partial charge in [-0.2, -0.15) is 0 Å². The van der Waals surface area contributed by atoms with Crippen LogP contribution < -0.4 is 15.4 Å². The van der Waals surface area contributed by atoms with E-state index in [2.05, 4.69) is 10.6 Å². The second-order valence-corrected chi connectivity index (χ2v) is 7.90. The number of nitrogens with zero attached hydrogens (tertiary/aromatic N) is 1. The maximum atomic E-state index is 12.2. The first-order valence-corrected chi connectivity index (χ1v) is 9.28. The highest BCUT2D eigenvalue weighted by Crippen LogP contribution is 2.25. The van der Waals surface area contributed by atoms with Gasteiger partial charge in [-0.3, -0.25) is 14.4 Å². The Morgan fingerprint density at radius 3 is 2.41 bits per heavy atom. The van der Waals surface area contributed by atoms with Gasteiger partial charge in [0.25, 0.3) is 5.91 Å². The normalized spacial score (nSPS) is 17.0. The van der Waals surface area contributed by atoms with Crippen LogP contribution in [-0.2, 0) is 14.4 Å². The number of nitrogens with one attached hydrogen (secondary N) is 2. The quantitative estimate of drug-likeness (QED) is 0.686. The molecule has 0 bridgehead atoms. The fraction of sp³-hybridized carbons (Fsp3) is 0.526. The number of ether oxygens (including phenoxy) is 1. The van der Waals surface area contributed by atoms with Crippen molar-refractivity contribution in [1.29, 1.82) is 0 Å². The summed E-state index contributed by atoms with van der Waals surface area (Å²) < 4.78 is 5.34. The summed E-state index contributed by atoms with van der Waals surface area (Å²) in [5, 5.41) is 6.03. The predicted molar refractivity (Wildman–Crippen MR) is 103 cm³/mol. The van der Waals surface area contributed by atoms with Gasteiger partial charge < -0.3 is 20.3 Å². The third kappa shape index (κ3) is 6.43. The number of rotatable bonds is 7. The van der Waals surface area contributed by atoms with Crippen molar-refractivity contribution in [2.45, 2.75) is 32.7 Å². The molecule has 0 aliphatic carbocycles. The molecule has 1 aliphatic rings. The second kappa shape index (κ2) is 9.08. The van der Waals surface area contributed by atoms with Crippen molar-refractivity contribution >= 4 is 29.3 Å². The van der Waals surface area contributed by atoms with Gasteiger partial charge in [-0.05, 0) is 45.0 Å². The highest BCUT2D eigenvalue weighted by molar-refractivity contribution is 6.30. The number of likely N-dealkylation sites (tertiary alicyclic amines) is 1. The molecular formula is C19H26ClN3O4. The third-order valence-electron chi connectivity index (χ3n) is 4.24. The SMILES string of the molecule is CC(C)(C)N1CC(C(=O)NCCNC(=O)COc2ccc(Cl)cc2)CC1=O. The van der Waals surface area contributed by atoms with Crippen LogP contribution in [0.1, 0.15) is 27.2 Å². The zero-order valence-electron chi connectivity index (χ0n) is 15.9. The predicted octanol–water partition coefficient (Wildman–Crippen LogP) is 1.60. The van der Waals surface area contributed by atoms with Crippen LogP contribution in [0.2, 0.25) is 5.02 Å². The maximum Gasteiger partial charge on any atom is 0.258 e. The van der Waals surface area contributed by atoms with E-state index >= 15 is 0 Å². The molecule has 0 radical (unpaired) electrons. The molecule has 2 N–H and O–H groups in total. The Morgan fingerprint density at radius 1 is 1.19 bits per heavy atom. The molecule has 1 saturated heterocycles. The Hall–Kier alpha value is -2.28. The molecule has 2 rings (SSSR count). The number of hydrogen-bond donors (Lipinski definition) is 2. The zero-order valence-corrected chi connectivity index (χ0v) is 16.6. The molecule has 148 valence electrons. The number of benzene rings is 1. The van der Waals surface area contributed by atoms with Crippen LogP contribution in [0.15, 0.2) is 24.3 Å². The Morgan fingerprint density at radius 2 is 1.81 bits per heavy atom. The molecule has 0 saturated carbocycles. The highest BCUT2D eigenvalue weighted by atomic mass is 35.5. The van der Waals surface area contributed by atoms with Crippen molar-refractivity contribution in [2.24, 2.45) is 5.92 Å². The van der Waals surface area contributed by atoms with Crippen molar-refractivity contribution in [3.05, 3.63) is 29.3 Å². The third-order valence-corrected chi connectivity index (χ3v) is 4.49. The molecule has 1 heterocycles. The van der Waals surface area contributed by atoms with E-state index in [0.29, 0.717) is 23.9 Å². The van der Waals surface area contributed by atoms with Gasteiger partial charge in [-0.25, -0.2) is 0 Å². The van der Waals surface area contributed by atoms with Crippen LogP contribution in [0.5, 0.6) is 5.75 Å². The van der Waals surface area contributed by atoms with E-state index in [-0.39, 0.29) is 48.8 Å². The number of amides is 3. The molecular weight excluding hydrogens is 370 g/mol. The van der Waals surface area contributed by atoms with Gasteiger partial charge in [0, 0.05) is 36.6 Å². The van der Waals surface area contributed by atoms with Crippen LogP contribution in [0.3, 0.4) is 0 Å². The van der Waals surface area contributed by atoms with E-state index < -0.39 is 0 Å². The minimum Gasteiger partial charge on any atom is -0.484 e. The van der Waals surface area contributed by atoms with Gasteiger partial charge in [0.1, 0.15) is 5.75 Å². The molecule has 7 nitrogen and oxygen atoms in total. The first-order valence-electron chi connectivity index (χ1n) is 8.90. The first-order chi connectivity index (χ1) is 12.7. The summed E-state index contributed by atoms with van der Waals surface area (Å²) in [5.74, 6) is -0.246. The zero-order chi connectivity index (χ0) is 20.0. The number of carbonyl (C=O) groups excluding carboxylic acids is 3. The summed E-state index contributed by atoms with van der Waals surface area (Å²) >= 11 is 5.78. The fourth-order valence-electron chi connectivity index (χ4n) is 2.79. The van der Waals surface area contributed by atoms with Gasteiger partial charge in [0.15, 0.2) is 6.61 Å². The first kappa shape index (κ1) is 21.0. The lowest BCUT2D eigenvalue weighted by Crippen LogP contribution is -2.43. The number of carbonyl (C=O) groups is 3. The summed E-state index contributed by atoms with van der Waals surface area (Å²) in [6.45, 7) is 6.75. The lowest BCUT2D eigenvalue weighted by atomic mass is 10.1. The topological polar surface area (TPSA) is 87.7 Å². The summed E-state index contributed by atoms with van der Waals surface area (Å²) in [6.07, 6.45) is 0.227. The van der Waals surface area contributed by atoms with Crippen molar-refractivity contribution in [3.63, 3.8) is 0 Å². The van der Waals surface area contributed by atoms with Gasteiger partial charge >= 0.3 is 0 Å². The Kier molecular flexibility index (Phi) is 7.07. The molecule has 1 aromatic carbocycles. The molecule has 1 aliphatic heterocycles. The molecule has 8 heteroatoms. The molecule has 27 heavy (non-hydrogen) atoms. The molecule has 1 unspecified atom stereocenters. The fourth-order valence-corrected chi connectivity index (χ4v) is 2.92. The Labute approximate surface area is 164 Å². The van der Waals surface area contributed by atoms with Crippen LogP contribution in [-0.4, -0.2) is 54.4 Å². The van der Waals surface area contributed by atoms with Gasteiger partial charge in [-0.1, -0.05) is 11.6 Å². The average molecular weight is 396 g/mol. The maximum absolute atomic E-state index is 12.2. The average Bonchev–Trinajstić information content (AvgIpc) is 3.00. The van der Waals surface area contributed by atoms with E-state index in [1.165, 1.54) is 0 Å². The van der Waals surface area contributed by atoms with Crippen LogP contribution >= 0.6 is 11.6 Å². The highest BCUT2D eigenvalue weighted by Gasteiger charge is 2.39. The molecule has 3 amide bonds. The summed E-state index contributed by atoms with van der Waals surface area (Å²) in [7, 11) is 0. The lowest BCUT2D eigenvalue weighted by molar-refractivity contribution is -0.132. The van der Waals surface area contributed by atoms with E-state index in [4.69, 9.17) is 16.3 Å². The Balaban J connectivity index is 1.63. The largest absolute Gasteiger partial charge is 0.484 e. The second-order valence-electron chi connectivity index (χ2n) is 7.46. The number of halogens is 1. The standard InChI is InChI=1S/C19H26ClN3O4/c1-19(2,3)23-11-13(10-17(23)25)18(26)22-9-8-21-16(24)12-27-15-6-4-14(20)5-7-15/h4-7,13H,8-12H2,1-3H3,(H,21,24)(H,22,26). The minimum absolute atomic E-state index is 0.00435. The molecule has 1 atom stereocenters. The minimum atomic E-state index is -0.347. The van der Waals surface area contributed by atoms with Gasteiger partial charge in [0.2, 0.25) is 11.8 Å². The van der Waals surface area contributed by atoms with Crippen LogP contribution in [0.25, 0.3) is 0 Å². The van der Waals surface area contributed by atoms with Gasteiger partial charge in [-0.15, -0.1) is 0 Å². The van der Waals surface area contributed by atoms with Crippen LogP contribution in [0.4, 0.5) is 0 Å². The van der Waals surface area contributed by atoms with Crippen molar-refractivity contribution < 1.29 is 19.1 Å². The molecule has 0 aromatic heterocycles. The van der Waals surface area contributed by atoms with Crippen molar-refractivity contribution in [3.8, 4) is 5.75 Å². The van der Waals surface area contributed by atoms with E-state index in [9.17, 15) is 14.4 Å². The van der Waals surface area contributed by atoms with Crippen molar-refractivity contribution in [1.82, 2.24) is 15.5 Å². The van der Waals surface area contributed by atoms with Crippen LogP contribution in [0, 0.1) is 5.92 Å². The molecule has 1 fully saturated rings. The molecule has 0 spiro atoms. The number of hydrogen-bond acceptors (Lipinski definition) is 4. The Bertz CT molecular complexity index is 685. The summed E-state index contributed by atoms with van der Waals surface area (Å²) in [5.41, 5.74) is -0.288. The van der Waals surface area contributed by atoms with E-state index in [1.54, 1.807) is 29.2 Å². The monoisotopic (exact) mass is 395 g/mol. The van der Waals surface area contributed by atoms with E-state index in [1.807, 2.05) is 20.8 Å². The van der Waals surface area contributed by atoms with Crippen molar-refractivity contribution in [2.75, 3.05) is 26.2 Å². The lowest BCUT2D eigenvalue weighted by Gasteiger charge is -2.31. The smallest absolute Gasteiger partial charge is 0.258 e. The summed E-state index contributed by atoms with van der Waals surface area (Å²) in [6, 6.07) is 6.72. The van der Waals surface area contributed by atoms with Gasteiger partial charge in [0.05, 0.1) is 5.92 Å².